The van der Waals surface area contributed by atoms with Gasteiger partial charge < -0.3 is 5.11 Å². The van der Waals surface area contributed by atoms with Crippen molar-refractivity contribution in [3.05, 3.63) is 24.8 Å². The summed E-state index contributed by atoms with van der Waals surface area (Å²) in [5.41, 5.74) is 0. The first kappa shape index (κ1) is 8.95. The van der Waals surface area contributed by atoms with Crippen LogP contribution < -0.4 is 0 Å². The largest absolute Gasteiger partial charge is 0.481 e. The van der Waals surface area contributed by atoms with E-state index in [4.69, 9.17) is 5.11 Å². The van der Waals surface area contributed by atoms with E-state index in [1.54, 1.807) is 25.2 Å². The molecule has 10 heavy (non-hydrogen) atoms. The summed E-state index contributed by atoms with van der Waals surface area (Å²) >= 11 is 0. The SMILES string of the molecule is C=CCC(/C=C\C)C(=O)O. The molecule has 0 aliphatic heterocycles. The highest BCUT2D eigenvalue weighted by Gasteiger charge is 2.09. The lowest BCUT2D eigenvalue weighted by molar-refractivity contribution is -0.139. The number of carbonyl (C=O) groups is 1. The summed E-state index contributed by atoms with van der Waals surface area (Å²) in [5.74, 6) is -1.19. The van der Waals surface area contributed by atoms with E-state index >= 15 is 0 Å². The van der Waals surface area contributed by atoms with Gasteiger partial charge in [0.1, 0.15) is 0 Å². The Bertz CT molecular complexity index is 147. The van der Waals surface area contributed by atoms with E-state index in [-0.39, 0.29) is 0 Å². The maximum absolute atomic E-state index is 10.4. The Labute approximate surface area is 60.9 Å². The Balaban J connectivity index is 3.96. The minimum Gasteiger partial charge on any atom is -0.481 e. The van der Waals surface area contributed by atoms with Crippen LogP contribution >= 0.6 is 0 Å². The average molecular weight is 140 g/mol. The molecule has 2 heteroatoms. The normalized spacial score (nSPS) is 13.3. The third kappa shape index (κ3) is 3.07. The van der Waals surface area contributed by atoms with Gasteiger partial charge in [-0.2, -0.15) is 0 Å². The lowest BCUT2D eigenvalue weighted by atomic mass is 10.1. The van der Waals surface area contributed by atoms with Crippen molar-refractivity contribution in [2.45, 2.75) is 13.3 Å². The number of rotatable bonds is 4. The van der Waals surface area contributed by atoms with Crippen molar-refractivity contribution in [2.75, 3.05) is 0 Å². The van der Waals surface area contributed by atoms with Gasteiger partial charge in [0.15, 0.2) is 0 Å². The van der Waals surface area contributed by atoms with E-state index in [9.17, 15) is 4.79 Å². The van der Waals surface area contributed by atoms with E-state index < -0.39 is 11.9 Å². The highest BCUT2D eigenvalue weighted by Crippen LogP contribution is 2.05. The van der Waals surface area contributed by atoms with Crippen LogP contribution in [0.4, 0.5) is 0 Å². The van der Waals surface area contributed by atoms with Gasteiger partial charge in [-0.3, -0.25) is 4.79 Å². The molecule has 0 bridgehead atoms. The zero-order chi connectivity index (χ0) is 7.98. The van der Waals surface area contributed by atoms with Gasteiger partial charge in [0.05, 0.1) is 5.92 Å². The Hall–Kier alpha value is -1.05. The molecular weight excluding hydrogens is 128 g/mol. The Kier molecular flexibility index (Phi) is 4.29. The number of carboxylic acid groups (broad SMARTS) is 1. The van der Waals surface area contributed by atoms with Crippen LogP contribution in [0.2, 0.25) is 0 Å². The van der Waals surface area contributed by atoms with E-state index in [0.717, 1.165) is 0 Å². The molecule has 0 spiro atoms. The second-order valence-corrected chi connectivity index (χ2v) is 1.99. The highest BCUT2D eigenvalue weighted by molar-refractivity contribution is 5.72. The molecule has 0 aliphatic rings. The molecule has 0 heterocycles. The second kappa shape index (κ2) is 4.79. The van der Waals surface area contributed by atoms with E-state index in [2.05, 4.69) is 6.58 Å². The van der Waals surface area contributed by atoms with Crippen molar-refractivity contribution < 1.29 is 9.90 Å². The van der Waals surface area contributed by atoms with E-state index in [1.807, 2.05) is 0 Å². The number of aliphatic carboxylic acids is 1. The van der Waals surface area contributed by atoms with Crippen LogP contribution in [0, 0.1) is 5.92 Å². The Morgan fingerprint density at radius 1 is 1.80 bits per heavy atom. The van der Waals surface area contributed by atoms with Crippen LogP contribution in [0.5, 0.6) is 0 Å². The zero-order valence-corrected chi connectivity index (χ0v) is 6.08. The van der Waals surface area contributed by atoms with Crippen molar-refractivity contribution in [3.8, 4) is 0 Å². The topological polar surface area (TPSA) is 37.3 Å². The molecule has 0 amide bonds. The molecule has 0 aromatic carbocycles. The molecule has 0 fully saturated rings. The molecule has 0 saturated carbocycles. The summed E-state index contributed by atoms with van der Waals surface area (Å²) in [6.45, 7) is 5.27. The first-order valence-electron chi connectivity index (χ1n) is 3.19. The van der Waals surface area contributed by atoms with Gasteiger partial charge in [0, 0.05) is 0 Å². The highest BCUT2D eigenvalue weighted by atomic mass is 16.4. The van der Waals surface area contributed by atoms with Crippen LogP contribution in [0.1, 0.15) is 13.3 Å². The van der Waals surface area contributed by atoms with Gasteiger partial charge in [-0.1, -0.05) is 18.2 Å². The molecule has 1 atom stereocenters. The quantitative estimate of drug-likeness (QED) is 0.605. The molecule has 0 aliphatic carbocycles. The van der Waals surface area contributed by atoms with Crippen LogP contribution in [-0.4, -0.2) is 11.1 Å². The lowest BCUT2D eigenvalue weighted by Gasteiger charge is -2.01. The van der Waals surface area contributed by atoms with Crippen molar-refractivity contribution in [2.24, 2.45) is 5.92 Å². The summed E-state index contributed by atoms with van der Waals surface area (Å²) in [6.07, 6.45) is 5.50. The first-order valence-corrected chi connectivity index (χ1v) is 3.19. The third-order valence-corrected chi connectivity index (χ3v) is 1.16. The standard InChI is InChI=1S/C8H12O2/c1-3-5-7(6-4-2)8(9)10/h3-4,6-7H,1,5H2,2H3,(H,9,10)/b6-4-. The van der Waals surface area contributed by atoms with Crippen LogP contribution in [0.25, 0.3) is 0 Å². The van der Waals surface area contributed by atoms with Gasteiger partial charge in [0.25, 0.3) is 0 Å². The number of carboxylic acids is 1. The van der Waals surface area contributed by atoms with Crippen molar-refractivity contribution in [1.29, 1.82) is 0 Å². The molecule has 0 rings (SSSR count). The molecule has 0 aromatic heterocycles. The Morgan fingerprint density at radius 2 is 2.40 bits per heavy atom. The predicted molar refractivity (Wildman–Crippen MR) is 40.8 cm³/mol. The lowest BCUT2D eigenvalue weighted by Crippen LogP contribution is -2.09. The van der Waals surface area contributed by atoms with Gasteiger partial charge in [-0.15, -0.1) is 6.58 Å². The Morgan fingerprint density at radius 3 is 2.70 bits per heavy atom. The number of hydrogen-bond acceptors (Lipinski definition) is 1. The van der Waals surface area contributed by atoms with E-state index in [1.165, 1.54) is 0 Å². The fourth-order valence-corrected chi connectivity index (χ4v) is 0.674. The molecule has 2 nitrogen and oxygen atoms in total. The molecular formula is C8H12O2. The maximum Gasteiger partial charge on any atom is 0.310 e. The summed E-state index contributed by atoms with van der Waals surface area (Å²) in [6, 6.07) is 0. The van der Waals surface area contributed by atoms with Gasteiger partial charge in [0.2, 0.25) is 0 Å². The van der Waals surface area contributed by atoms with Gasteiger partial charge in [-0.05, 0) is 13.3 Å². The van der Waals surface area contributed by atoms with Crippen LogP contribution in [0.15, 0.2) is 24.8 Å². The molecule has 0 radical (unpaired) electrons. The fraction of sp³-hybridized carbons (Fsp3) is 0.375. The smallest absolute Gasteiger partial charge is 0.310 e. The van der Waals surface area contributed by atoms with Crippen molar-refractivity contribution >= 4 is 5.97 Å². The van der Waals surface area contributed by atoms with Gasteiger partial charge in [-0.25, -0.2) is 0 Å². The number of hydrogen-bond donors (Lipinski definition) is 1. The van der Waals surface area contributed by atoms with E-state index in [0.29, 0.717) is 6.42 Å². The second-order valence-electron chi connectivity index (χ2n) is 1.99. The number of allylic oxidation sites excluding steroid dienone is 2. The average Bonchev–Trinajstić information content (AvgIpc) is 1.87. The first-order chi connectivity index (χ1) is 4.72. The van der Waals surface area contributed by atoms with Crippen LogP contribution in [0.3, 0.4) is 0 Å². The summed E-state index contributed by atoms with van der Waals surface area (Å²) < 4.78 is 0. The fourth-order valence-electron chi connectivity index (χ4n) is 0.674. The summed E-state index contributed by atoms with van der Waals surface area (Å²) in [7, 11) is 0. The molecule has 0 saturated heterocycles. The molecule has 1 unspecified atom stereocenters. The van der Waals surface area contributed by atoms with Crippen molar-refractivity contribution in [1.82, 2.24) is 0 Å². The van der Waals surface area contributed by atoms with Crippen LogP contribution in [-0.2, 0) is 4.79 Å². The maximum atomic E-state index is 10.4. The van der Waals surface area contributed by atoms with Crippen molar-refractivity contribution in [3.63, 3.8) is 0 Å². The monoisotopic (exact) mass is 140 g/mol. The zero-order valence-electron chi connectivity index (χ0n) is 6.08. The summed E-state index contributed by atoms with van der Waals surface area (Å²) in [5, 5.41) is 8.54. The summed E-state index contributed by atoms with van der Waals surface area (Å²) in [4.78, 5) is 10.4. The molecule has 1 N–H and O–H groups in total. The van der Waals surface area contributed by atoms with Gasteiger partial charge >= 0.3 is 5.97 Å². The minimum atomic E-state index is -0.794. The molecule has 56 valence electrons. The minimum absolute atomic E-state index is 0.400. The third-order valence-electron chi connectivity index (χ3n) is 1.16. The predicted octanol–water partition coefficient (Wildman–Crippen LogP) is 1.84. The molecule has 0 aromatic rings.